The minimum absolute atomic E-state index is 0.0839. The molecule has 0 saturated heterocycles. The number of amides is 1. The molecule has 0 aliphatic heterocycles. The van der Waals surface area contributed by atoms with Gasteiger partial charge in [0, 0.05) is 4.47 Å². The number of benzene rings is 3. The molecule has 0 saturated carbocycles. The fourth-order valence-electron chi connectivity index (χ4n) is 2.90. The first-order valence-corrected chi connectivity index (χ1v) is 10.6. The lowest BCUT2D eigenvalue weighted by Gasteiger charge is -2.13. The number of halogens is 1. The molecule has 0 radical (unpaired) electrons. The van der Waals surface area contributed by atoms with Gasteiger partial charge < -0.3 is 24.1 Å². The maximum atomic E-state index is 12.6. The number of carbonyl (C=O) groups is 2. The van der Waals surface area contributed by atoms with E-state index in [0.717, 1.165) is 0 Å². The van der Waals surface area contributed by atoms with Crippen molar-refractivity contribution < 1.29 is 33.6 Å². The summed E-state index contributed by atoms with van der Waals surface area (Å²) in [5.41, 5.74) is 3.29. The predicted octanol–water partition coefficient (Wildman–Crippen LogP) is 4.16. The molecule has 10 heteroatoms. The van der Waals surface area contributed by atoms with Gasteiger partial charge in [0.25, 0.3) is 5.91 Å². The maximum Gasteiger partial charge on any atom is 0.343 e. The van der Waals surface area contributed by atoms with E-state index < -0.39 is 11.9 Å². The largest absolute Gasteiger partial charge is 0.507 e. The third-order valence-electron chi connectivity index (χ3n) is 4.57. The van der Waals surface area contributed by atoms with E-state index in [2.05, 4.69) is 26.5 Å². The topological polar surface area (TPSA) is 116 Å². The van der Waals surface area contributed by atoms with Crippen LogP contribution in [0.3, 0.4) is 0 Å². The SMILES string of the molecule is COc1cc(C(=O)Oc2ccc(/C=N/NC(=O)c3cc(Br)ccc3O)cc2)cc(OC)c1OC. The molecule has 0 aromatic heterocycles. The molecule has 9 nitrogen and oxygen atoms in total. The molecule has 34 heavy (non-hydrogen) atoms. The van der Waals surface area contributed by atoms with Crippen molar-refractivity contribution in [3.63, 3.8) is 0 Å². The van der Waals surface area contributed by atoms with Gasteiger partial charge in [-0.05, 0) is 60.2 Å². The van der Waals surface area contributed by atoms with E-state index in [1.807, 2.05) is 0 Å². The first-order chi connectivity index (χ1) is 16.4. The minimum atomic E-state index is -0.609. The summed E-state index contributed by atoms with van der Waals surface area (Å²) in [7, 11) is 4.38. The number of esters is 1. The summed E-state index contributed by atoms with van der Waals surface area (Å²) in [4.78, 5) is 24.8. The van der Waals surface area contributed by atoms with Crippen LogP contribution in [0.2, 0.25) is 0 Å². The van der Waals surface area contributed by atoms with Gasteiger partial charge in [0.05, 0.1) is 38.7 Å². The molecule has 2 N–H and O–H groups in total. The summed E-state index contributed by atoms with van der Waals surface area (Å²) in [6.45, 7) is 0. The summed E-state index contributed by atoms with van der Waals surface area (Å²) in [5, 5.41) is 13.7. The number of hydrogen-bond donors (Lipinski definition) is 2. The van der Waals surface area contributed by atoms with Crippen molar-refractivity contribution in [2.24, 2.45) is 5.10 Å². The van der Waals surface area contributed by atoms with Gasteiger partial charge in [-0.1, -0.05) is 15.9 Å². The van der Waals surface area contributed by atoms with Gasteiger partial charge in [0.15, 0.2) is 11.5 Å². The Morgan fingerprint density at radius 1 is 0.941 bits per heavy atom. The van der Waals surface area contributed by atoms with Crippen molar-refractivity contribution in [3.05, 3.63) is 75.8 Å². The highest BCUT2D eigenvalue weighted by Gasteiger charge is 2.18. The number of nitrogens with one attached hydrogen (secondary N) is 1. The zero-order chi connectivity index (χ0) is 24.7. The van der Waals surface area contributed by atoms with E-state index in [0.29, 0.717) is 33.0 Å². The average molecular weight is 529 g/mol. The zero-order valence-corrected chi connectivity index (χ0v) is 20.1. The van der Waals surface area contributed by atoms with Crippen molar-refractivity contribution in [1.82, 2.24) is 5.43 Å². The lowest BCUT2D eigenvalue weighted by Crippen LogP contribution is -2.17. The molecular formula is C24H21BrN2O7. The number of phenols is 1. The maximum absolute atomic E-state index is 12.6. The van der Waals surface area contributed by atoms with Crippen LogP contribution in [0.4, 0.5) is 0 Å². The second-order valence-corrected chi connectivity index (χ2v) is 7.65. The van der Waals surface area contributed by atoms with Gasteiger partial charge in [0.1, 0.15) is 11.5 Å². The van der Waals surface area contributed by atoms with E-state index in [-0.39, 0.29) is 16.9 Å². The Morgan fingerprint density at radius 3 is 2.18 bits per heavy atom. The third kappa shape index (κ3) is 5.84. The highest BCUT2D eigenvalue weighted by atomic mass is 79.9. The summed E-state index contributed by atoms with van der Waals surface area (Å²) < 4.78 is 21.8. The predicted molar refractivity (Wildman–Crippen MR) is 128 cm³/mol. The van der Waals surface area contributed by atoms with Gasteiger partial charge in [-0.2, -0.15) is 5.10 Å². The average Bonchev–Trinajstić information content (AvgIpc) is 2.85. The number of aromatic hydroxyl groups is 1. The second kappa shape index (κ2) is 11.2. The number of nitrogens with zero attached hydrogens (tertiary/aromatic N) is 1. The van der Waals surface area contributed by atoms with Crippen LogP contribution in [0, 0.1) is 0 Å². The number of hydrogen-bond acceptors (Lipinski definition) is 8. The number of hydrazone groups is 1. The molecule has 0 heterocycles. The van der Waals surface area contributed by atoms with Crippen LogP contribution in [0.25, 0.3) is 0 Å². The number of phenolic OH excluding ortho intramolecular Hbond substituents is 1. The van der Waals surface area contributed by atoms with Gasteiger partial charge >= 0.3 is 5.97 Å². The van der Waals surface area contributed by atoms with Crippen molar-refractivity contribution in [1.29, 1.82) is 0 Å². The van der Waals surface area contributed by atoms with Crippen molar-refractivity contribution in [2.45, 2.75) is 0 Å². The molecule has 176 valence electrons. The minimum Gasteiger partial charge on any atom is -0.507 e. The smallest absolute Gasteiger partial charge is 0.343 e. The molecule has 3 aromatic carbocycles. The number of rotatable bonds is 8. The standard InChI is InChI=1S/C24H21BrN2O7/c1-31-20-10-15(11-21(32-2)22(20)33-3)24(30)34-17-7-4-14(5-8-17)13-26-27-23(29)18-12-16(25)6-9-19(18)28/h4-13,28H,1-3H3,(H,27,29)/b26-13+. The highest BCUT2D eigenvalue weighted by molar-refractivity contribution is 9.10. The summed E-state index contributed by atoms with van der Waals surface area (Å²) in [6.07, 6.45) is 1.41. The van der Waals surface area contributed by atoms with Crippen LogP contribution >= 0.6 is 15.9 Å². The van der Waals surface area contributed by atoms with Crippen LogP contribution in [0.5, 0.6) is 28.7 Å². The molecule has 0 aliphatic carbocycles. The van der Waals surface area contributed by atoms with Crippen molar-refractivity contribution >= 4 is 34.0 Å². The van der Waals surface area contributed by atoms with Crippen molar-refractivity contribution in [3.8, 4) is 28.7 Å². The van der Waals surface area contributed by atoms with Gasteiger partial charge in [0.2, 0.25) is 5.75 Å². The Balaban J connectivity index is 1.65. The van der Waals surface area contributed by atoms with E-state index >= 15 is 0 Å². The van der Waals surface area contributed by atoms with Crippen LogP contribution in [-0.2, 0) is 0 Å². The zero-order valence-electron chi connectivity index (χ0n) is 18.5. The summed E-state index contributed by atoms with van der Waals surface area (Å²) in [6, 6.07) is 14.0. The van der Waals surface area contributed by atoms with Gasteiger partial charge in [-0.3, -0.25) is 4.79 Å². The first kappa shape index (κ1) is 24.6. The molecule has 0 spiro atoms. The lowest BCUT2D eigenvalue weighted by molar-refractivity contribution is 0.0733. The Labute approximate surface area is 204 Å². The molecule has 1 amide bonds. The Hall–Kier alpha value is -4.05. The van der Waals surface area contributed by atoms with Crippen LogP contribution in [-0.4, -0.2) is 44.5 Å². The number of methoxy groups -OCH3 is 3. The molecule has 0 bridgehead atoms. The normalized spacial score (nSPS) is 10.6. The Morgan fingerprint density at radius 2 is 1.59 bits per heavy atom. The highest BCUT2D eigenvalue weighted by Crippen LogP contribution is 2.38. The first-order valence-electron chi connectivity index (χ1n) is 9.80. The van der Waals surface area contributed by atoms with E-state index in [1.54, 1.807) is 30.3 Å². The van der Waals surface area contributed by atoms with Crippen LogP contribution < -0.4 is 24.4 Å². The fourth-order valence-corrected chi connectivity index (χ4v) is 3.26. The molecule has 3 aromatic rings. The molecule has 0 fully saturated rings. The third-order valence-corrected chi connectivity index (χ3v) is 5.07. The van der Waals surface area contributed by atoms with Gasteiger partial charge in [-0.25, -0.2) is 10.2 Å². The van der Waals surface area contributed by atoms with E-state index in [1.165, 1.54) is 51.8 Å². The molecular weight excluding hydrogens is 508 g/mol. The molecule has 0 atom stereocenters. The second-order valence-electron chi connectivity index (χ2n) is 6.73. The van der Waals surface area contributed by atoms with E-state index in [9.17, 15) is 14.7 Å². The van der Waals surface area contributed by atoms with Gasteiger partial charge in [-0.15, -0.1) is 0 Å². The number of carbonyl (C=O) groups excluding carboxylic acids is 2. The molecule has 3 rings (SSSR count). The Kier molecular flexibility index (Phi) is 8.10. The fraction of sp³-hybridized carbons (Fsp3) is 0.125. The monoisotopic (exact) mass is 528 g/mol. The molecule has 0 unspecified atom stereocenters. The van der Waals surface area contributed by atoms with Crippen molar-refractivity contribution in [2.75, 3.05) is 21.3 Å². The summed E-state index contributed by atoms with van der Waals surface area (Å²) >= 11 is 3.25. The lowest BCUT2D eigenvalue weighted by atomic mass is 10.2. The van der Waals surface area contributed by atoms with Crippen LogP contribution in [0.15, 0.2) is 64.2 Å². The molecule has 0 aliphatic rings. The summed E-state index contributed by atoms with van der Waals surface area (Å²) in [5.74, 6) is 0.00504. The van der Waals surface area contributed by atoms with Crippen LogP contribution in [0.1, 0.15) is 26.3 Å². The Bertz CT molecular complexity index is 1200. The number of ether oxygens (including phenoxy) is 4. The van der Waals surface area contributed by atoms with E-state index in [4.69, 9.17) is 18.9 Å². The quantitative estimate of drug-likeness (QED) is 0.195.